The van der Waals surface area contributed by atoms with E-state index in [1.165, 1.54) is 0 Å². The van der Waals surface area contributed by atoms with E-state index in [0.717, 1.165) is 24.8 Å². The van der Waals surface area contributed by atoms with Crippen LogP contribution in [0.2, 0.25) is 0 Å². The number of hydrogen-bond donors (Lipinski definition) is 1. The number of nitrogens with zero attached hydrogens (tertiary/aromatic N) is 1. The molecule has 6 heteroatoms. The van der Waals surface area contributed by atoms with Gasteiger partial charge in [-0.2, -0.15) is 0 Å². The maximum atomic E-state index is 12.1. The smallest absolute Gasteiger partial charge is 0.410 e. The van der Waals surface area contributed by atoms with Gasteiger partial charge in [0.25, 0.3) is 0 Å². The van der Waals surface area contributed by atoms with Crippen LogP contribution in [-0.2, 0) is 16.1 Å². The molecule has 2 amide bonds. The van der Waals surface area contributed by atoms with Crippen molar-refractivity contribution in [1.29, 1.82) is 0 Å². The first-order chi connectivity index (χ1) is 12.3. The Labute approximate surface area is 154 Å². The van der Waals surface area contributed by atoms with Gasteiger partial charge in [-0.25, -0.2) is 9.59 Å². The summed E-state index contributed by atoms with van der Waals surface area (Å²) in [5, 5.41) is 2.97. The SMILES string of the molecule is CC(C)(C)OC(=O)N1CCC2(CC1)CC2NC(=O)OCc1ccccc1. The zero-order chi connectivity index (χ0) is 18.8. The Kier molecular flexibility index (Phi) is 5.12. The molecule has 2 aliphatic rings. The molecule has 1 saturated heterocycles. The van der Waals surface area contributed by atoms with Gasteiger partial charge in [0, 0.05) is 19.1 Å². The largest absolute Gasteiger partial charge is 0.445 e. The van der Waals surface area contributed by atoms with Crippen LogP contribution in [0.1, 0.15) is 45.6 Å². The topological polar surface area (TPSA) is 67.9 Å². The molecule has 1 aromatic carbocycles. The van der Waals surface area contributed by atoms with Gasteiger partial charge in [0.05, 0.1) is 0 Å². The second kappa shape index (κ2) is 7.17. The number of alkyl carbamates (subject to hydrolysis) is 1. The highest BCUT2D eigenvalue weighted by molar-refractivity contribution is 5.69. The molecular formula is C20H28N2O4. The molecule has 1 spiro atoms. The van der Waals surface area contributed by atoms with E-state index in [-0.39, 0.29) is 30.3 Å². The van der Waals surface area contributed by atoms with E-state index in [0.29, 0.717) is 13.1 Å². The number of piperidine rings is 1. The first-order valence-electron chi connectivity index (χ1n) is 9.23. The van der Waals surface area contributed by atoms with Crippen LogP contribution in [0.25, 0.3) is 0 Å². The van der Waals surface area contributed by atoms with Crippen molar-refractivity contribution < 1.29 is 19.1 Å². The number of hydrogen-bond acceptors (Lipinski definition) is 4. The Morgan fingerprint density at radius 3 is 2.46 bits per heavy atom. The molecule has 1 aliphatic heterocycles. The molecule has 0 aromatic heterocycles. The Hall–Kier alpha value is -2.24. The highest BCUT2D eigenvalue weighted by Gasteiger charge is 2.56. The van der Waals surface area contributed by atoms with E-state index in [4.69, 9.17) is 9.47 Å². The van der Waals surface area contributed by atoms with Crippen molar-refractivity contribution in [2.24, 2.45) is 5.41 Å². The fourth-order valence-corrected chi connectivity index (χ4v) is 3.47. The second-order valence-corrected chi connectivity index (χ2v) is 8.29. The van der Waals surface area contributed by atoms with Gasteiger partial charge >= 0.3 is 12.2 Å². The van der Waals surface area contributed by atoms with Gasteiger partial charge in [0.2, 0.25) is 0 Å². The van der Waals surface area contributed by atoms with Gasteiger partial charge in [0.15, 0.2) is 0 Å². The number of rotatable bonds is 3. The fraction of sp³-hybridized carbons (Fsp3) is 0.600. The summed E-state index contributed by atoms with van der Waals surface area (Å²) in [7, 11) is 0. The maximum Gasteiger partial charge on any atom is 0.410 e. The normalized spacial score (nSPS) is 21.2. The van der Waals surface area contributed by atoms with Crippen molar-refractivity contribution in [3.05, 3.63) is 35.9 Å². The monoisotopic (exact) mass is 360 g/mol. The Bertz CT molecular complexity index is 646. The molecule has 1 unspecified atom stereocenters. The standard InChI is InChI=1S/C20H28N2O4/c1-19(2,3)26-18(24)22-11-9-20(10-12-22)13-16(20)21-17(23)25-14-15-7-5-4-6-8-15/h4-8,16H,9-14H2,1-3H3,(H,21,23). The van der Waals surface area contributed by atoms with Crippen LogP contribution in [0.3, 0.4) is 0 Å². The number of likely N-dealkylation sites (tertiary alicyclic amines) is 1. The van der Waals surface area contributed by atoms with E-state index in [1.54, 1.807) is 4.90 Å². The molecule has 26 heavy (non-hydrogen) atoms. The van der Waals surface area contributed by atoms with E-state index in [1.807, 2.05) is 51.1 Å². The lowest BCUT2D eigenvalue weighted by Crippen LogP contribution is -2.44. The number of amides is 2. The molecule has 1 saturated carbocycles. The van der Waals surface area contributed by atoms with Crippen LogP contribution in [-0.4, -0.2) is 41.8 Å². The predicted octanol–water partition coefficient (Wildman–Crippen LogP) is 3.70. The van der Waals surface area contributed by atoms with E-state index < -0.39 is 5.60 Å². The Balaban J connectivity index is 1.40. The summed E-state index contributed by atoms with van der Waals surface area (Å²) in [5.41, 5.74) is 0.613. The number of carbonyl (C=O) groups excluding carboxylic acids is 2. The van der Waals surface area contributed by atoms with Crippen molar-refractivity contribution in [2.45, 2.75) is 58.3 Å². The molecule has 1 heterocycles. The molecule has 1 aliphatic carbocycles. The van der Waals surface area contributed by atoms with Gasteiger partial charge in [-0.05, 0) is 51.0 Å². The molecule has 1 atom stereocenters. The third-order valence-corrected chi connectivity index (χ3v) is 5.11. The van der Waals surface area contributed by atoms with Gasteiger partial charge < -0.3 is 19.7 Å². The van der Waals surface area contributed by atoms with Crippen LogP contribution >= 0.6 is 0 Å². The van der Waals surface area contributed by atoms with Gasteiger partial charge in [-0.1, -0.05) is 30.3 Å². The van der Waals surface area contributed by atoms with Crippen molar-refractivity contribution in [2.75, 3.05) is 13.1 Å². The van der Waals surface area contributed by atoms with Crippen molar-refractivity contribution >= 4 is 12.2 Å². The van der Waals surface area contributed by atoms with Crippen LogP contribution < -0.4 is 5.32 Å². The summed E-state index contributed by atoms with van der Waals surface area (Å²) in [6.07, 6.45) is 2.10. The summed E-state index contributed by atoms with van der Waals surface area (Å²) in [6, 6.07) is 9.78. The Morgan fingerprint density at radius 1 is 1.19 bits per heavy atom. The van der Waals surface area contributed by atoms with Crippen LogP contribution in [0.4, 0.5) is 9.59 Å². The van der Waals surface area contributed by atoms with Crippen molar-refractivity contribution in [3.8, 4) is 0 Å². The van der Waals surface area contributed by atoms with Crippen LogP contribution in [0.15, 0.2) is 30.3 Å². The predicted molar refractivity (Wildman–Crippen MR) is 97.6 cm³/mol. The number of carbonyl (C=O) groups is 2. The van der Waals surface area contributed by atoms with E-state index in [2.05, 4.69) is 5.32 Å². The lowest BCUT2D eigenvalue weighted by molar-refractivity contribution is 0.0167. The first kappa shape index (κ1) is 18.5. The minimum absolute atomic E-state index is 0.115. The molecule has 1 N–H and O–H groups in total. The van der Waals surface area contributed by atoms with Gasteiger partial charge in [-0.15, -0.1) is 0 Å². The van der Waals surface area contributed by atoms with Crippen LogP contribution in [0.5, 0.6) is 0 Å². The first-order valence-corrected chi connectivity index (χ1v) is 9.23. The quantitative estimate of drug-likeness (QED) is 0.892. The molecule has 0 bridgehead atoms. The minimum Gasteiger partial charge on any atom is -0.445 e. The number of nitrogens with one attached hydrogen (secondary N) is 1. The average Bonchev–Trinajstić information content (AvgIpc) is 3.24. The zero-order valence-electron chi connectivity index (χ0n) is 15.8. The highest BCUT2D eigenvalue weighted by atomic mass is 16.6. The number of ether oxygens (including phenoxy) is 2. The molecule has 142 valence electrons. The molecule has 2 fully saturated rings. The summed E-state index contributed by atoms with van der Waals surface area (Å²) >= 11 is 0. The third-order valence-electron chi connectivity index (χ3n) is 5.11. The average molecular weight is 360 g/mol. The highest BCUT2D eigenvalue weighted by Crippen LogP contribution is 2.54. The van der Waals surface area contributed by atoms with E-state index >= 15 is 0 Å². The molecule has 1 aromatic rings. The Morgan fingerprint density at radius 2 is 1.85 bits per heavy atom. The van der Waals surface area contributed by atoms with Gasteiger partial charge in [-0.3, -0.25) is 0 Å². The number of benzene rings is 1. The summed E-state index contributed by atoms with van der Waals surface area (Å²) in [4.78, 5) is 25.9. The summed E-state index contributed by atoms with van der Waals surface area (Å²) < 4.78 is 10.7. The van der Waals surface area contributed by atoms with E-state index in [9.17, 15) is 9.59 Å². The zero-order valence-corrected chi connectivity index (χ0v) is 15.8. The molecule has 0 radical (unpaired) electrons. The molecular weight excluding hydrogens is 332 g/mol. The lowest BCUT2D eigenvalue weighted by atomic mass is 9.93. The fourth-order valence-electron chi connectivity index (χ4n) is 3.47. The van der Waals surface area contributed by atoms with Gasteiger partial charge in [0.1, 0.15) is 12.2 Å². The lowest BCUT2D eigenvalue weighted by Gasteiger charge is -2.34. The minimum atomic E-state index is -0.474. The second-order valence-electron chi connectivity index (χ2n) is 8.29. The van der Waals surface area contributed by atoms with Crippen molar-refractivity contribution in [3.63, 3.8) is 0 Å². The van der Waals surface area contributed by atoms with Crippen LogP contribution in [0, 0.1) is 5.41 Å². The summed E-state index contributed by atoms with van der Waals surface area (Å²) in [5.74, 6) is 0. The maximum absolute atomic E-state index is 12.1. The molecule has 3 rings (SSSR count). The summed E-state index contributed by atoms with van der Waals surface area (Å²) in [6.45, 7) is 7.24. The third kappa shape index (κ3) is 4.68. The van der Waals surface area contributed by atoms with Crippen molar-refractivity contribution in [1.82, 2.24) is 10.2 Å². The molecule has 6 nitrogen and oxygen atoms in total.